The number of benzene rings is 3. The first kappa shape index (κ1) is 15.2. The van der Waals surface area contributed by atoms with Crippen molar-refractivity contribution in [2.45, 2.75) is 13.0 Å². The Morgan fingerprint density at radius 1 is 0.920 bits per heavy atom. The topological polar surface area (TPSA) is 57.4 Å². The van der Waals surface area contributed by atoms with Crippen molar-refractivity contribution < 1.29 is 4.79 Å². The monoisotopic (exact) mass is 328 g/mol. The first-order chi connectivity index (χ1) is 12.2. The second-order valence-corrected chi connectivity index (χ2v) is 5.84. The van der Waals surface area contributed by atoms with Gasteiger partial charge in [0.25, 0.3) is 5.91 Å². The fourth-order valence-electron chi connectivity index (χ4n) is 2.87. The summed E-state index contributed by atoms with van der Waals surface area (Å²) in [7, 11) is 0. The fraction of sp³-hybridized carbons (Fsp3) is 0.100. The molecule has 1 unspecified atom stereocenters. The van der Waals surface area contributed by atoms with Crippen LogP contribution in [0.2, 0.25) is 0 Å². The minimum Gasteiger partial charge on any atom is -0.269 e. The summed E-state index contributed by atoms with van der Waals surface area (Å²) in [6.07, 6.45) is 0. The van der Waals surface area contributed by atoms with Crippen LogP contribution in [0.4, 0.5) is 11.4 Å². The molecular weight excluding hydrogens is 312 g/mol. The van der Waals surface area contributed by atoms with E-state index in [4.69, 9.17) is 0 Å². The quantitative estimate of drug-likeness (QED) is 0.642. The predicted octanol–water partition coefficient (Wildman–Crippen LogP) is 4.71. The molecule has 0 radical (unpaired) electrons. The number of amides is 1. The number of fused-ring (bicyclic) bond motifs is 1. The van der Waals surface area contributed by atoms with Crippen LogP contribution < -0.4 is 5.01 Å². The maximum absolute atomic E-state index is 12.8. The molecule has 122 valence electrons. The van der Waals surface area contributed by atoms with Gasteiger partial charge in [0.2, 0.25) is 0 Å². The van der Waals surface area contributed by atoms with Crippen LogP contribution in [0.3, 0.4) is 0 Å². The van der Waals surface area contributed by atoms with Gasteiger partial charge in [-0.15, -0.1) is 0 Å². The predicted molar refractivity (Wildman–Crippen MR) is 99.3 cm³/mol. The van der Waals surface area contributed by atoms with Gasteiger partial charge in [-0.05, 0) is 30.5 Å². The summed E-state index contributed by atoms with van der Waals surface area (Å²) in [4.78, 5) is 12.8. The van der Waals surface area contributed by atoms with Crippen molar-refractivity contribution in [2.75, 3.05) is 5.01 Å². The number of nitrogens with zero attached hydrogens (tertiary/aromatic N) is 4. The highest BCUT2D eigenvalue weighted by molar-refractivity contribution is 6.20. The van der Waals surface area contributed by atoms with Crippen molar-refractivity contribution in [1.82, 2.24) is 0 Å². The molecule has 0 aliphatic carbocycles. The highest BCUT2D eigenvalue weighted by Gasteiger charge is 2.35. The third-order valence-corrected chi connectivity index (χ3v) is 4.14. The second-order valence-electron chi connectivity index (χ2n) is 5.84. The van der Waals surface area contributed by atoms with Gasteiger partial charge in [-0.1, -0.05) is 54.6 Å². The highest BCUT2D eigenvalue weighted by atomic mass is 16.2. The molecule has 0 bridgehead atoms. The number of carbonyl (C=O) groups excluding carboxylic acids is 1. The van der Waals surface area contributed by atoms with Gasteiger partial charge >= 0.3 is 0 Å². The van der Waals surface area contributed by atoms with Gasteiger partial charge in [0.15, 0.2) is 6.04 Å². The zero-order valence-electron chi connectivity index (χ0n) is 13.7. The van der Waals surface area contributed by atoms with E-state index in [-0.39, 0.29) is 5.91 Å². The van der Waals surface area contributed by atoms with Crippen molar-refractivity contribution in [2.24, 2.45) is 15.3 Å². The van der Waals surface area contributed by atoms with Crippen LogP contribution in [-0.2, 0) is 4.79 Å². The van der Waals surface area contributed by atoms with Crippen LogP contribution in [-0.4, -0.2) is 17.7 Å². The summed E-state index contributed by atoms with van der Waals surface area (Å²) in [5.74, 6) is -0.187. The SMILES string of the molecule is CC1=NN(c2cccc3ccccc23)C(=O)C1N=Nc1ccccc1. The van der Waals surface area contributed by atoms with Gasteiger partial charge < -0.3 is 0 Å². The molecule has 5 heteroatoms. The number of hydrogen-bond donors (Lipinski definition) is 0. The summed E-state index contributed by atoms with van der Waals surface area (Å²) in [5, 5.41) is 16.3. The zero-order valence-corrected chi connectivity index (χ0v) is 13.7. The molecule has 0 aromatic heterocycles. The van der Waals surface area contributed by atoms with E-state index in [0.717, 1.165) is 16.5 Å². The van der Waals surface area contributed by atoms with E-state index in [0.29, 0.717) is 11.4 Å². The molecule has 5 nitrogen and oxygen atoms in total. The van der Waals surface area contributed by atoms with Crippen LogP contribution >= 0.6 is 0 Å². The Balaban J connectivity index is 1.67. The lowest BCUT2D eigenvalue weighted by Gasteiger charge is -2.15. The van der Waals surface area contributed by atoms with Gasteiger partial charge in [0, 0.05) is 5.39 Å². The first-order valence-electron chi connectivity index (χ1n) is 8.07. The van der Waals surface area contributed by atoms with Crippen molar-refractivity contribution in [3.05, 3.63) is 72.8 Å². The molecule has 25 heavy (non-hydrogen) atoms. The molecular formula is C20H16N4O. The number of hydrazone groups is 1. The Kier molecular flexibility index (Phi) is 3.82. The van der Waals surface area contributed by atoms with Crippen molar-refractivity contribution in [3.63, 3.8) is 0 Å². The summed E-state index contributed by atoms with van der Waals surface area (Å²) >= 11 is 0. The fourth-order valence-corrected chi connectivity index (χ4v) is 2.87. The molecule has 1 amide bonds. The maximum Gasteiger partial charge on any atom is 0.280 e. The number of carbonyl (C=O) groups is 1. The van der Waals surface area contributed by atoms with E-state index in [1.165, 1.54) is 5.01 Å². The van der Waals surface area contributed by atoms with E-state index < -0.39 is 6.04 Å². The lowest BCUT2D eigenvalue weighted by molar-refractivity contribution is -0.117. The molecule has 4 rings (SSSR count). The molecule has 1 atom stereocenters. The van der Waals surface area contributed by atoms with E-state index in [2.05, 4.69) is 15.3 Å². The third-order valence-electron chi connectivity index (χ3n) is 4.14. The summed E-state index contributed by atoms with van der Waals surface area (Å²) < 4.78 is 0. The maximum atomic E-state index is 12.8. The van der Waals surface area contributed by atoms with Crippen LogP contribution in [0.15, 0.2) is 88.1 Å². The van der Waals surface area contributed by atoms with Gasteiger partial charge in [-0.2, -0.15) is 20.3 Å². The Labute approximate surface area is 145 Å². The highest BCUT2D eigenvalue weighted by Crippen LogP contribution is 2.30. The number of rotatable bonds is 3. The Bertz CT molecular complexity index is 990. The normalized spacial score (nSPS) is 17.5. The van der Waals surface area contributed by atoms with Crippen LogP contribution in [0.25, 0.3) is 10.8 Å². The summed E-state index contributed by atoms with van der Waals surface area (Å²) in [6.45, 7) is 1.80. The molecule has 1 aliphatic heterocycles. The van der Waals surface area contributed by atoms with E-state index in [1.807, 2.05) is 72.8 Å². The molecule has 0 N–H and O–H groups in total. The standard InChI is InChI=1S/C20H16N4O/c1-14-19(22-21-16-10-3-2-4-11-16)20(25)24(23-14)18-13-7-9-15-8-5-6-12-17(15)18/h2-13,19H,1H3. The van der Waals surface area contributed by atoms with Crippen LogP contribution in [0.5, 0.6) is 0 Å². The zero-order chi connectivity index (χ0) is 17.2. The van der Waals surface area contributed by atoms with Crippen molar-refractivity contribution in [3.8, 4) is 0 Å². The molecule has 3 aromatic rings. The Hall–Kier alpha value is -3.34. The smallest absolute Gasteiger partial charge is 0.269 e. The Morgan fingerprint density at radius 2 is 1.64 bits per heavy atom. The van der Waals surface area contributed by atoms with Gasteiger partial charge in [-0.25, -0.2) is 0 Å². The molecule has 1 aliphatic rings. The molecule has 1 heterocycles. The van der Waals surface area contributed by atoms with Gasteiger partial charge in [0.05, 0.1) is 17.1 Å². The van der Waals surface area contributed by atoms with Gasteiger partial charge in [0.1, 0.15) is 0 Å². The Morgan fingerprint density at radius 3 is 2.48 bits per heavy atom. The van der Waals surface area contributed by atoms with Gasteiger partial charge in [-0.3, -0.25) is 4.79 Å². The first-order valence-corrected chi connectivity index (χ1v) is 8.07. The molecule has 0 fully saturated rings. The van der Waals surface area contributed by atoms with E-state index in [1.54, 1.807) is 6.92 Å². The average Bonchev–Trinajstić information content (AvgIpc) is 2.94. The molecule has 0 saturated carbocycles. The number of hydrogen-bond acceptors (Lipinski definition) is 4. The number of anilines is 1. The molecule has 3 aromatic carbocycles. The average molecular weight is 328 g/mol. The van der Waals surface area contributed by atoms with E-state index >= 15 is 0 Å². The van der Waals surface area contributed by atoms with Crippen LogP contribution in [0, 0.1) is 0 Å². The minimum atomic E-state index is -0.681. The summed E-state index contributed by atoms with van der Waals surface area (Å²) in [6, 6.07) is 22.5. The third kappa shape index (κ3) is 2.80. The van der Waals surface area contributed by atoms with Crippen molar-refractivity contribution >= 4 is 33.8 Å². The molecule has 0 saturated heterocycles. The summed E-state index contributed by atoms with van der Waals surface area (Å²) in [5.41, 5.74) is 2.11. The lowest BCUT2D eigenvalue weighted by atomic mass is 10.1. The number of azo groups is 1. The largest absolute Gasteiger partial charge is 0.280 e. The minimum absolute atomic E-state index is 0.187. The van der Waals surface area contributed by atoms with E-state index in [9.17, 15) is 4.79 Å². The van der Waals surface area contributed by atoms with Crippen LogP contribution in [0.1, 0.15) is 6.92 Å². The lowest BCUT2D eigenvalue weighted by Crippen LogP contribution is -2.29. The van der Waals surface area contributed by atoms with Crippen molar-refractivity contribution in [1.29, 1.82) is 0 Å². The molecule has 0 spiro atoms. The second kappa shape index (κ2) is 6.28.